The molecule has 110 valence electrons. The molecule has 1 aromatic rings. The summed E-state index contributed by atoms with van der Waals surface area (Å²) in [5, 5.41) is 24.1. The van der Waals surface area contributed by atoms with Crippen molar-refractivity contribution in [2.24, 2.45) is 0 Å². The number of nitrogens with zero attached hydrogens (tertiary/aromatic N) is 3. The number of hydrogen-bond acceptors (Lipinski definition) is 7. The molecule has 10 heteroatoms. The number of nitrogens with one attached hydrogen (secondary N) is 1. The minimum absolute atomic E-state index is 0.00176. The second-order valence-corrected chi connectivity index (χ2v) is 4.27. The maximum absolute atomic E-state index is 11.4. The molecule has 1 heterocycles. The predicted molar refractivity (Wildman–Crippen MR) is 69.3 cm³/mol. The van der Waals surface area contributed by atoms with Gasteiger partial charge in [0.2, 0.25) is 11.8 Å². The van der Waals surface area contributed by atoms with Crippen molar-refractivity contribution in [3.8, 4) is 0 Å². The SMILES string of the molecule is O=C1CCC(=O)N1CNc1ccc([N+](=O)[O-])cc1[N+](=O)[O-]. The first-order valence-corrected chi connectivity index (χ1v) is 5.90. The normalized spacial score (nSPS) is 14.4. The van der Waals surface area contributed by atoms with E-state index in [2.05, 4.69) is 5.32 Å². The van der Waals surface area contributed by atoms with E-state index in [1.807, 2.05) is 0 Å². The maximum Gasteiger partial charge on any atom is 0.299 e. The lowest BCUT2D eigenvalue weighted by Gasteiger charge is -2.15. The Morgan fingerprint density at radius 2 is 1.71 bits per heavy atom. The lowest BCUT2D eigenvalue weighted by molar-refractivity contribution is -0.393. The summed E-state index contributed by atoms with van der Waals surface area (Å²) in [6.45, 7) is -0.212. The molecule has 0 atom stereocenters. The van der Waals surface area contributed by atoms with E-state index in [0.29, 0.717) is 0 Å². The highest BCUT2D eigenvalue weighted by Crippen LogP contribution is 2.29. The number of carbonyl (C=O) groups excluding carboxylic acids is 2. The third kappa shape index (κ3) is 2.94. The van der Waals surface area contributed by atoms with Gasteiger partial charge < -0.3 is 5.32 Å². The summed E-state index contributed by atoms with van der Waals surface area (Å²) in [6, 6.07) is 3.08. The number of anilines is 1. The molecule has 0 spiro atoms. The van der Waals surface area contributed by atoms with Crippen LogP contribution in [0.1, 0.15) is 12.8 Å². The first kappa shape index (κ1) is 14.4. The molecule has 1 fully saturated rings. The third-order valence-electron chi connectivity index (χ3n) is 2.97. The summed E-state index contributed by atoms with van der Waals surface area (Å²) < 4.78 is 0. The van der Waals surface area contributed by atoms with Gasteiger partial charge in [-0.3, -0.25) is 34.7 Å². The van der Waals surface area contributed by atoms with Crippen LogP contribution in [0.25, 0.3) is 0 Å². The van der Waals surface area contributed by atoms with Crippen LogP contribution in [0.5, 0.6) is 0 Å². The van der Waals surface area contributed by atoms with Gasteiger partial charge in [0.05, 0.1) is 22.6 Å². The van der Waals surface area contributed by atoms with Crippen LogP contribution < -0.4 is 5.32 Å². The van der Waals surface area contributed by atoms with Crippen LogP contribution in [0.4, 0.5) is 17.1 Å². The van der Waals surface area contributed by atoms with Gasteiger partial charge in [0, 0.05) is 18.9 Å². The highest BCUT2D eigenvalue weighted by molar-refractivity contribution is 6.02. The summed E-state index contributed by atoms with van der Waals surface area (Å²) >= 11 is 0. The van der Waals surface area contributed by atoms with Crippen molar-refractivity contribution in [1.82, 2.24) is 4.90 Å². The van der Waals surface area contributed by atoms with E-state index >= 15 is 0 Å². The van der Waals surface area contributed by atoms with Crippen LogP contribution in [0, 0.1) is 20.2 Å². The van der Waals surface area contributed by atoms with Crippen LogP contribution in [0.15, 0.2) is 18.2 Å². The van der Waals surface area contributed by atoms with Gasteiger partial charge in [-0.15, -0.1) is 0 Å². The molecule has 1 aliphatic rings. The number of amides is 2. The van der Waals surface area contributed by atoms with Crippen molar-refractivity contribution in [3.63, 3.8) is 0 Å². The number of imide groups is 1. The molecule has 0 aromatic heterocycles. The van der Waals surface area contributed by atoms with E-state index in [4.69, 9.17) is 0 Å². The van der Waals surface area contributed by atoms with Crippen molar-refractivity contribution in [3.05, 3.63) is 38.4 Å². The number of nitro groups is 2. The second-order valence-electron chi connectivity index (χ2n) is 4.27. The highest BCUT2D eigenvalue weighted by Gasteiger charge is 2.29. The molecule has 0 unspecified atom stereocenters. The molecule has 10 nitrogen and oxygen atoms in total. The zero-order valence-corrected chi connectivity index (χ0v) is 10.6. The predicted octanol–water partition coefficient (Wildman–Crippen LogP) is 1.02. The summed E-state index contributed by atoms with van der Waals surface area (Å²) in [4.78, 5) is 43.8. The first-order valence-electron chi connectivity index (χ1n) is 5.90. The van der Waals surface area contributed by atoms with Crippen molar-refractivity contribution in [2.45, 2.75) is 12.8 Å². The van der Waals surface area contributed by atoms with Crippen molar-refractivity contribution >= 4 is 28.9 Å². The van der Waals surface area contributed by atoms with Gasteiger partial charge >= 0.3 is 0 Å². The van der Waals surface area contributed by atoms with Gasteiger partial charge in [-0.1, -0.05) is 0 Å². The Balaban J connectivity index is 2.19. The van der Waals surface area contributed by atoms with Gasteiger partial charge in [-0.2, -0.15) is 0 Å². The fourth-order valence-electron chi connectivity index (χ4n) is 1.90. The third-order valence-corrected chi connectivity index (χ3v) is 2.97. The largest absolute Gasteiger partial charge is 0.362 e. The number of rotatable bonds is 5. The monoisotopic (exact) mass is 294 g/mol. The van der Waals surface area contributed by atoms with Crippen molar-refractivity contribution in [2.75, 3.05) is 12.0 Å². The smallest absolute Gasteiger partial charge is 0.299 e. The maximum atomic E-state index is 11.4. The fraction of sp³-hybridized carbons (Fsp3) is 0.273. The summed E-state index contributed by atoms with van der Waals surface area (Å²) in [5.41, 5.74) is -0.915. The minimum Gasteiger partial charge on any atom is -0.362 e. The summed E-state index contributed by atoms with van der Waals surface area (Å²) in [7, 11) is 0. The van der Waals surface area contributed by atoms with Crippen molar-refractivity contribution in [1.29, 1.82) is 0 Å². The number of hydrogen-bond donors (Lipinski definition) is 1. The van der Waals surface area contributed by atoms with Gasteiger partial charge in [0.1, 0.15) is 5.69 Å². The molecule has 0 radical (unpaired) electrons. The van der Waals surface area contributed by atoms with Gasteiger partial charge in [0.25, 0.3) is 11.4 Å². The zero-order chi connectivity index (χ0) is 15.6. The molecule has 0 aliphatic carbocycles. The minimum atomic E-state index is -0.775. The molecule has 0 saturated carbocycles. The number of benzene rings is 1. The number of likely N-dealkylation sites (tertiary alicyclic amines) is 1. The van der Waals surface area contributed by atoms with E-state index in [1.165, 1.54) is 6.07 Å². The van der Waals surface area contributed by atoms with Crippen LogP contribution in [-0.4, -0.2) is 33.2 Å². The Morgan fingerprint density at radius 3 is 2.24 bits per heavy atom. The number of carbonyl (C=O) groups is 2. The molecule has 2 amide bonds. The fourth-order valence-corrected chi connectivity index (χ4v) is 1.90. The van der Waals surface area contributed by atoms with Gasteiger partial charge in [-0.05, 0) is 6.07 Å². The van der Waals surface area contributed by atoms with Gasteiger partial charge in [0.15, 0.2) is 0 Å². The number of non-ortho nitro benzene ring substituents is 1. The molecule has 1 saturated heterocycles. The molecular formula is C11H10N4O6. The zero-order valence-electron chi connectivity index (χ0n) is 10.6. The Labute approximate surface area is 117 Å². The van der Waals surface area contributed by atoms with Crippen LogP contribution in [-0.2, 0) is 9.59 Å². The molecule has 2 rings (SSSR count). The second kappa shape index (κ2) is 5.53. The molecule has 1 N–H and O–H groups in total. The van der Waals surface area contributed by atoms with Crippen LogP contribution in [0.2, 0.25) is 0 Å². The molecule has 21 heavy (non-hydrogen) atoms. The van der Waals surface area contributed by atoms with E-state index in [0.717, 1.165) is 17.0 Å². The topological polar surface area (TPSA) is 136 Å². The standard InChI is InChI=1S/C11H10N4O6/c16-10-3-4-11(17)13(10)6-12-8-2-1-7(14(18)19)5-9(8)15(20)21/h1-2,5,12H,3-4,6H2. The first-order chi connectivity index (χ1) is 9.90. The molecule has 1 aliphatic heterocycles. The lowest BCUT2D eigenvalue weighted by atomic mass is 10.2. The van der Waals surface area contributed by atoms with E-state index in [1.54, 1.807) is 0 Å². The average Bonchev–Trinajstić information content (AvgIpc) is 2.75. The van der Waals surface area contributed by atoms with Gasteiger partial charge in [-0.25, -0.2) is 0 Å². The van der Waals surface area contributed by atoms with Crippen LogP contribution >= 0.6 is 0 Å². The Hall–Kier alpha value is -3.04. The van der Waals surface area contributed by atoms with E-state index in [-0.39, 0.29) is 37.0 Å². The molecule has 0 bridgehead atoms. The van der Waals surface area contributed by atoms with E-state index < -0.39 is 21.2 Å². The highest BCUT2D eigenvalue weighted by atomic mass is 16.6. The lowest BCUT2D eigenvalue weighted by Crippen LogP contribution is -2.34. The summed E-state index contributed by atoms with van der Waals surface area (Å²) in [6.07, 6.45) is 0.228. The Morgan fingerprint density at radius 1 is 1.10 bits per heavy atom. The molecular weight excluding hydrogens is 284 g/mol. The van der Waals surface area contributed by atoms with Crippen molar-refractivity contribution < 1.29 is 19.4 Å². The molecule has 1 aromatic carbocycles. The quantitative estimate of drug-likeness (QED) is 0.486. The average molecular weight is 294 g/mol. The number of nitro benzene ring substituents is 2. The Bertz CT molecular complexity index is 628. The van der Waals surface area contributed by atoms with Crippen LogP contribution in [0.3, 0.4) is 0 Å². The van der Waals surface area contributed by atoms with E-state index in [9.17, 15) is 29.8 Å². The Kier molecular flexibility index (Phi) is 3.78. The summed E-state index contributed by atoms with van der Waals surface area (Å²) in [5.74, 6) is -0.728.